The van der Waals surface area contributed by atoms with Gasteiger partial charge in [0.1, 0.15) is 11.2 Å². The molecule has 1 aromatic heterocycles. The lowest BCUT2D eigenvalue weighted by molar-refractivity contribution is 0.660. The number of fused-ring (bicyclic) bond motifs is 13. The quantitative estimate of drug-likeness (QED) is 0.161. The van der Waals surface area contributed by atoms with E-state index in [2.05, 4.69) is 0 Å². The van der Waals surface area contributed by atoms with Gasteiger partial charge in [-0.2, -0.15) is 0 Å². The average Bonchev–Trinajstić information content (AvgIpc) is 1.61. The number of nitrogens with zero attached hydrogens (tertiary/aromatic N) is 1. The van der Waals surface area contributed by atoms with Crippen LogP contribution in [0, 0.1) is 0 Å². The molecule has 2 heteroatoms. The second-order valence-electron chi connectivity index (χ2n) is 15.2. The van der Waals surface area contributed by atoms with Crippen molar-refractivity contribution in [2.75, 3.05) is 4.90 Å². The van der Waals surface area contributed by atoms with E-state index in [0.29, 0.717) is 4.90 Å². The first-order valence-corrected chi connectivity index (χ1v) is 19.5. The molecular formula is C61H41NO. The summed E-state index contributed by atoms with van der Waals surface area (Å²) in [6, 6.07) is -19.6. The molecule has 0 spiro atoms. The monoisotopic (exact) mass is 834 g/mol. The lowest BCUT2D eigenvalue weighted by atomic mass is 9.82. The molecule has 0 unspecified atom stereocenters. The number of rotatable bonds is 5. The highest BCUT2D eigenvalue weighted by atomic mass is 16.3. The van der Waals surface area contributed by atoms with Gasteiger partial charge in [-0.15, -0.1) is 0 Å². The SMILES string of the molecule is [2H]c1cc([2H])c2c(oc3c([2H])c(N(c4c([2H])c([2H])c5c(c4[2H])C(C)(C)c4c([2H])c([2H])c([2H])c([2H])c4-5)c4c(-c5c([2H])c([2H])c([2H])c(-c6c([2H])c([2H])c7c([2H])ccc([2H])c7c6[2H])c5[2H])c([2H])c5c6c([2H])cc([2H])c([2H])c6c6c([2H])cc([2H])c([2H])c6c5c4[2H])c([2H])c([2H])c32)c1[2H]. The third kappa shape index (κ3) is 5.44. The van der Waals surface area contributed by atoms with Crippen LogP contribution in [0.15, 0.2) is 216 Å². The van der Waals surface area contributed by atoms with Crippen molar-refractivity contribution >= 4 is 82.1 Å². The Hall–Kier alpha value is -7.94. The zero-order valence-electron chi connectivity index (χ0n) is 62.7. The first-order valence-electron chi connectivity index (χ1n) is 34.5. The van der Waals surface area contributed by atoms with Crippen molar-refractivity contribution in [2.45, 2.75) is 19.3 Å². The van der Waals surface area contributed by atoms with Crippen molar-refractivity contribution in [3.63, 3.8) is 0 Å². The van der Waals surface area contributed by atoms with E-state index in [9.17, 15) is 26.0 Å². The summed E-state index contributed by atoms with van der Waals surface area (Å²) in [6.45, 7) is 2.87. The van der Waals surface area contributed by atoms with Crippen LogP contribution in [0.2, 0.25) is 0 Å². The molecule has 11 aromatic carbocycles. The summed E-state index contributed by atoms with van der Waals surface area (Å²) in [5.74, 6) is 0. The van der Waals surface area contributed by atoms with Crippen molar-refractivity contribution in [2.24, 2.45) is 0 Å². The van der Waals surface area contributed by atoms with Gasteiger partial charge in [0.05, 0.1) is 46.8 Å². The van der Waals surface area contributed by atoms with Crippen LogP contribution >= 0.6 is 0 Å². The maximum Gasteiger partial charge on any atom is 0.137 e. The second-order valence-corrected chi connectivity index (χ2v) is 15.2. The largest absolute Gasteiger partial charge is 0.456 e. The highest BCUT2D eigenvalue weighted by Gasteiger charge is 2.36. The second kappa shape index (κ2) is 13.5. The van der Waals surface area contributed by atoms with E-state index in [1.807, 2.05) is 0 Å². The van der Waals surface area contributed by atoms with Gasteiger partial charge >= 0.3 is 0 Å². The first-order chi connectivity index (χ1) is 43.5. The Kier molecular flexibility index (Phi) is 3.67. The van der Waals surface area contributed by atoms with E-state index in [-0.39, 0.29) is 33.0 Å². The van der Waals surface area contributed by atoms with Gasteiger partial charge in [0, 0.05) is 39.2 Å². The van der Waals surface area contributed by atoms with E-state index < -0.39 is 280 Å². The van der Waals surface area contributed by atoms with Crippen LogP contribution in [0.3, 0.4) is 0 Å². The van der Waals surface area contributed by atoms with E-state index in [1.165, 1.54) is 13.8 Å². The van der Waals surface area contributed by atoms with Crippen molar-refractivity contribution in [3.8, 4) is 33.4 Å². The summed E-state index contributed by atoms with van der Waals surface area (Å²) in [6.07, 6.45) is 0. The fourth-order valence-corrected chi connectivity index (χ4v) is 8.32. The molecule has 0 aliphatic heterocycles. The first kappa shape index (κ1) is 17.1. The van der Waals surface area contributed by atoms with Crippen LogP contribution in [0.1, 0.15) is 66.1 Å². The predicted octanol–water partition coefficient (Wildman–Crippen LogP) is 17.3. The Labute approximate surface area is 408 Å². The van der Waals surface area contributed by atoms with Gasteiger partial charge < -0.3 is 9.32 Å². The van der Waals surface area contributed by atoms with Crippen molar-refractivity contribution in [3.05, 3.63) is 223 Å². The minimum Gasteiger partial charge on any atom is -0.456 e. The van der Waals surface area contributed by atoms with Crippen molar-refractivity contribution in [1.82, 2.24) is 0 Å². The molecule has 13 rings (SSSR count). The number of hydrogen-bond donors (Lipinski definition) is 0. The van der Waals surface area contributed by atoms with Crippen LogP contribution in [0.5, 0.6) is 0 Å². The number of anilines is 3. The van der Waals surface area contributed by atoms with Crippen LogP contribution < -0.4 is 4.90 Å². The number of benzene rings is 11. The van der Waals surface area contributed by atoms with Gasteiger partial charge in [-0.25, -0.2) is 0 Å². The fraction of sp³-hybridized carbons (Fsp3) is 0.0492. The lowest BCUT2D eigenvalue weighted by Crippen LogP contribution is -2.17. The normalized spacial score (nSPS) is 19.7. The molecule has 296 valence electrons. The van der Waals surface area contributed by atoms with Gasteiger partial charge in [0.15, 0.2) is 0 Å². The van der Waals surface area contributed by atoms with E-state index in [0.717, 1.165) is 30.3 Å². The van der Waals surface area contributed by atoms with Crippen LogP contribution in [0.25, 0.3) is 98.4 Å². The molecule has 0 fully saturated rings. The molecule has 0 saturated heterocycles. The molecule has 1 aliphatic rings. The fourth-order valence-electron chi connectivity index (χ4n) is 8.32. The summed E-state index contributed by atoms with van der Waals surface area (Å²) < 4.78 is 291. The summed E-state index contributed by atoms with van der Waals surface area (Å²) in [5, 5.41) is -4.86. The summed E-state index contributed by atoms with van der Waals surface area (Å²) in [7, 11) is 0. The molecule has 0 N–H and O–H groups in total. The van der Waals surface area contributed by atoms with Crippen LogP contribution in [0.4, 0.5) is 17.1 Å². The Balaban J connectivity index is 1.35. The van der Waals surface area contributed by atoms with Gasteiger partial charge in [-0.1, -0.05) is 165 Å². The number of para-hydroxylation sites is 1. The Morgan fingerprint density at radius 2 is 1.03 bits per heavy atom. The van der Waals surface area contributed by atoms with E-state index in [4.69, 9.17) is 19.5 Å². The minimum atomic E-state index is -1.78. The summed E-state index contributed by atoms with van der Waals surface area (Å²) >= 11 is 0. The zero-order chi connectivity index (χ0) is 67.9. The smallest absolute Gasteiger partial charge is 0.137 e. The van der Waals surface area contributed by atoms with Gasteiger partial charge in [-0.05, 0) is 136 Å². The van der Waals surface area contributed by atoms with Crippen LogP contribution in [-0.4, -0.2) is 0 Å². The molecule has 0 bridgehead atoms. The maximum absolute atomic E-state index is 10.9. The molecule has 0 amide bonds. The van der Waals surface area contributed by atoms with Crippen LogP contribution in [-0.2, 0) is 5.41 Å². The van der Waals surface area contributed by atoms with Crippen molar-refractivity contribution in [1.29, 1.82) is 0 Å². The molecule has 2 nitrogen and oxygen atoms in total. The van der Waals surface area contributed by atoms with Gasteiger partial charge in [0.2, 0.25) is 0 Å². The predicted molar refractivity (Wildman–Crippen MR) is 267 cm³/mol. The van der Waals surface area contributed by atoms with Gasteiger partial charge in [0.25, 0.3) is 0 Å². The third-order valence-corrected chi connectivity index (χ3v) is 11.3. The maximum atomic E-state index is 10.9. The molecular weight excluding hydrogens is 763 g/mol. The molecule has 0 atom stereocenters. The number of hydrogen-bond acceptors (Lipinski definition) is 2. The molecule has 0 saturated carbocycles. The summed E-state index contributed by atoms with van der Waals surface area (Å²) in [5.41, 5.74) is -11.0. The summed E-state index contributed by atoms with van der Waals surface area (Å²) in [4.78, 5) is 0.583. The molecule has 12 aromatic rings. The highest BCUT2D eigenvalue weighted by Crippen LogP contribution is 2.52. The standard InChI is InChI=1S/C61H41NO/c1-61(2)56-24-11-9-22-49(56)50-30-28-43(34-57(50)61)62(44-29-31-52-51-23-10-12-25-59(51)63-60(52)35-44)58-37-55-48-21-8-6-19-46(48)45-18-5-7-20-47(45)54(55)36-53(58)42-17-13-16-40(33-42)41-27-26-38-14-3-4-15-39(38)32-41/h3-37H,1-2H3/i5D,8D,9D,11D,12D,13D,14D,15D,16D,17D,18D,19D,20D,21D,22D,23D,24D,25D,26D,27D,28D,29D,30D,31D,32D,33D,34D,35D,36D,37D. The Morgan fingerprint density at radius 3 is 1.90 bits per heavy atom. The molecule has 1 aliphatic carbocycles. The topological polar surface area (TPSA) is 16.4 Å². The minimum absolute atomic E-state index is 0.151. The van der Waals surface area contributed by atoms with E-state index in [1.54, 1.807) is 0 Å². The lowest BCUT2D eigenvalue weighted by Gasteiger charge is -2.30. The Morgan fingerprint density at radius 1 is 0.381 bits per heavy atom. The third-order valence-electron chi connectivity index (χ3n) is 11.3. The Bertz CT molecular complexity index is 5620. The molecule has 1 heterocycles. The van der Waals surface area contributed by atoms with Gasteiger partial charge in [-0.3, -0.25) is 0 Å². The molecule has 63 heavy (non-hydrogen) atoms. The van der Waals surface area contributed by atoms with Crippen molar-refractivity contribution < 1.29 is 45.5 Å². The highest BCUT2D eigenvalue weighted by molar-refractivity contribution is 6.27. The average molecular weight is 834 g/mol. The number of furan rings is 1. The molecule has 0 radical (unpaired) electrons. The van der Waals surface area contributed by atoms with E-state index >= 15 is 0 Å². The zero-order valence-corrected chi connectivity index (χ0v) is 32.7.